The molecule has 0 bridgehead atoms. The van der Waals surface area contributed by atoms with E-state index in [1.807, 2.05) is 12.1 Å². The molecule has 1 fully saturated rings. The molecule has 4 N–H and O–H groups in total. The molecular formula is C23H24F2N4O4P+. The van der Waals surface area contributed by atoms with Gasteiger partial charge in [-0.05, 0) is 67.0 Å². The zero-order valence-corrected chi connectivity index (χ0v) is 19.2. The third-order valence-corrected chi connectivity index (χ3v) is 6.34. The van der Waals surface area contributed by atoms with Crippen molar-refractivity contribution < 1.29 is 27.8 Å². The van der Waals surface area contributed by atoms with Crippen LogP contribution >= 0.6 is 7.72 Å². The number of nitrogens with one attached hydrogen (secondary N) is 2. The molecule has 0 unspecified atom stereocenters. The molecule has 1 amide bonds. The highest BCUT2D eigenvalue weighted by atomic mass is 31.2. The van der Waals surface area contributed by atoms with E-state index in [-0.39, 0.29) is 17.6 Å². The van der Waals surface area contributed by atoms with Crippen LogP contribution in [0.2, 0.25) is 0 Å². The molecule has 0 atom stereocenters. The summed E-state index contributed by atoms with van der Waals surface area (Å²) in [5.41, 5.74) is 3.00. The maximum absolute atomic E-state index is 13.3. The largest absolute Gasteiger partial charge is 0.399 e. The summed E-state index contributed by atoms with van der Waals surface area (Å²) in [6, 6.07) is 10.5. The van der Waals surface area contributed by atoms with E-state index in [4.69, 9.17) is 4.42 Å². The molecule has 34 heavy (non-hydrogen) atoms. The van der Waals surface area contributed by atoms with Crippen LogP contribution in [0.4, 0.5) is 26.2 Å². The average Bonchev–Trinajstić information content (AvgIpc) is 3.25. The number of nitrogens with zero attached hydrogens (tertiary/aromatic N) is 2. The Balaban J connectivity index is 1.33. The Morgan fingerprint density at radius 1 is 1.06 bits per heavy atom. The summed E-state index contributed by atoms with van der Waals surface area (Å²) < 4.78 is 31.6. The topological polar surface area (TPSA) is 121 Å². The fraction of sp³-hybridized carbons (Fsp3) is 0.261. The van der Waals surface area contributed by atoms with Crippen molar-refractivity contribution in [1.29, 1.82) is 0 Å². The molecule has 1 aliphatic rings. The van der Waals surface area contributed by atoms with E-state index in [0.717, 1.165) is 49.0 Å². The van der Waals surface area contributed by atoms with Gasteiger partial charge >= 0.3 is 17.8 Å². The van der Waals surface area contributed by atoms with Crippen LogP contribution in [0.5, 0.6) is 0 Å². The minimum absolute atomic E-state index is 0.137. The zero-order chi connectivity index (χ0) is 24.3. The standard InChI is InChI=1S/C23H23F2N4O4P/c1-34(31,32)13-14-2-4-15(5-3-14)16-6-8-17(9-7-16)26-21(30)22-28-29-23(33-22)27-18-10-11-19(24)20(25)12-18/h6-13,15,31-32H,2-5H2,1H3,(H-,26,27,29,30)/p+1. The van der Waals surface area contributed by atoms with E-state index in [9.17, 15) is 23.4 Å². The van der Waals surface area contributed by atoms with Crippen molar-refractivity contribution in [1.82, 2.24) is 10.2 Å². The Morgan fingerprint density at radius 2 is 1.74 bits per heavy atom. The summed E-state index contributed by atoms with van der Waals surface area (Å²) in [5, 5.41) is 12.7. The lowest BCUT2D eigenvalue weighted by Gasteiger charge is -2.24. The number of hydrogen-bond acceptors (Lipinski definition) is 7. The highest BCUT2D eigenvalue weighted by Crippen LogP contribution is 2.50. The summed E-state index contributed by atoms with van der Waals surface area (Å²) in [5.74, 6) is -0.920. The number of anilines is 3. The maximum atomic E-state index is 13.3. The van der Waals surface area contributed by atoms with E-state index in [1.165, 1.54) is 12.7 Å². The Bertz CT molecular complexity index is 1200. The predicted octanol–water partition coefficient (Wildman–Crippen LogP) is 5.35. The molecule has 0 radical (unpaired) electrons. The van der Waals surface area contributed by atoms with Crippen LogP contribution in [0, 0.1) is 11.6 Å². The van der Waals surface area contributed by atoms with E-state index in [2.05, 4.69) is 20.8 Å². The van der Waals surface area contributed by atoms with Crippen LogP contribution in [-0.2, 0) is 0 Å². The second-order valence-corrected chi connectivity index (χ2v) is 10.5. The number of benzene rings is 2. The number of halogens is 2. The van der Waals surface area contributed by atoms with E-state index in [1.54, 1.807) is 17.9 Å². The Morgan fingerprint density at radius 3 is 2.38 bits per heavy atom. The van der Waals surface area contributed by atoms with E-state index < -0.39 is 25.3 Å². The SMILES string of the molecule is C[P+](O)(O)C=C1CCC(c2ccc(NC(=O)c3nnc(Nc4ccc(F)c(F)c4)o3)cc2)CC1. The van der Waals surface area contributed by atoms with Gasteiger partial charge in [0.25, 0.3) is 7.72 Å². The first-order chi connectivity index (χ1) is 16.2. The van der Waals surface area contributed by atoms with Gasteiger partial charge in [-0.15, -0.1) is 5.10 Å². The Labute approximate surface area is 195 Å². The third kappa shape index (κ3) is 6.22. The van der Waals surface area contributed by atoms with E-state index >= 15 is 0 Å². The maximum Gasteiger partial charge on any atom is 0.320 e. The van der Waals surface area contributed by atoms with Crippen molar-refractivity contribution >= 4 is 31.0 Å². The van der Waals surface area contributed by atoms with Crippen LogP contribution in [0.15, 0.2) is 58.3 Å². The van der Waals surface area contributed by atoms with Crippen molar-refractivity contribution in [2.45, 2.75) is 31.6 Å². The van der Waals surface area contributed by atoms with Gasteiger partial charge in [-0.25, -0.2) is 18.6 Å². The van der Waals surface area contributed by atoms with Gasteiger partial charge in [0.1, 0.15) is 12.5 Å². The van der Waals surface area contributed by atoms with Gasteiger partial charge in [0, 0.05) is 17.4 Å². The number of carbonyl (C=O) groups is 1. The second kappa shape index (κ2) is 9.97. The second-order valence-electron chi connectivity index (χ2n) is 8.28. The zero-order valence-electron chi connectivity index (χ0n) is 18.3. The molecule has 1 saturated carbocycles. The van der Waals surface area contributed by atoms with Gasteiger partial charge in [-0.2, -0.15) is 0 Å². The van der Waals surface area contributed by atoms with Gasteiger partial charge in [0.2, 0.25) is 0 Å². The highest BCUT2D eigenvalue weighted by molar-refractivity contribution is 7.67. The summed E-state index contributed by atoms with van der Waals surface area (Å²) in [6.07, 6.45) is 3.51. The van der Waals surface area contributed by atoms with Crippen LogP contribution < -0.4 is 10.6 Å². The summed E-state index contributed by atoms with van der Waals surface area (Å²) >= 11 is 0. The smallest absolute Gasteiger partial charge is 0.320 e. The number of hydrogen-bond donors (Lipinski definition) is 4. The van der Waals surface area contributed by atoms with Gasteiger partial charge in [-0.3, -0.25) is 4.79 Å². The van der Waals surface area contributed by atoms with Crippen LogP contribution in [0.3, 0.4) is 0 Å². The average molecular weight is 489 g/mol. The molecule has 178 valence electrons. The lowest BCUT2D eigenvalue weighted by molar-refractivity contribution is 0.0991. The molecule has 0 saturated heterocycles. The van der Waals surface area contributed by atoms with Crippen molar-refractivity contribution in [3.63, 3.8) is 0 Å². The number of amides is 1. The first-order valence-electron chi connectivity index (χ1n) is 10.7. The molecular weight excluding hydrogens is 465 g/mol. The molecule has 4 rings (SSSR count). The molecule has 8 nitrogen and oxygen atoms in total. The van der Waals surface area contributed by atoms with Crippen LogP contribution in [0.25, 0.3) is 0 Å². The Kier molecular flexibility index (Phi) is 7.02. The minimum Gasteiger partial charge on any atom is -0.399 e. The van der Waals surface area contributed by atoms with Gasteiger partial charge in [0.15, 0.2) is 11.6 Å². The van der Waals surface area contributed by atoms with Crippen molar-refractivity contribution in [3.05, 3.63) is 76.9 Å². The van der Waals surface area contributed by atoms with Gasteiger partial charge in [0.05, 0.1) is 0 Å². The first kappa shape index (κ1) is 23.9. The normalized spacial score (nSPS) is 16.3. The van der Waals surface area contributed by atoms with Crippen LogP contribution in [0.1, 0.15) is 47.8 Å². The highest BCUT2D eigenvalue weighted by Gasteiger charge is 2.26. The molecule has 1 aromatic heterocycles. The molecule has 1 heterocycles. The van der Waals surface area contributed by atoms with Crippen LogP contribution in [-0.4, -0.2) is 32.6 Å². The number of aromatic nitrogens is 2. The quantitative estimate of drug-likeness (QED) is 0.345. The van der Waals surface area contributed by atoms with Crippen molar-refractivity contribution in [2.24, 2.45) is 0 Å². The van der Waals surface area contributed by atoms with E-state index in [0.29, 0.717) is 11.6 Å². The molecule has 2 aromatic carbocycles. The molecule has 0 aliphatic heterocycles. The fourth-order valence-electron chi connectivity index (χ4n) is 3.88. The number of carbonyl (C=O) groups excluding carboxylic acids is 1. The summed E-state index contributed by atoms with van der Waals surface area (Å²) in [4.78, 5) is 31.7. The number of rotatable bonds is 6. The molecule has 3 aromatic rings. The minimum atomic E-state index is -2.89. The lowest BCUT2D eigenvalue weighted by Crippen LogP contribution is -2.12. The fourth-order valence-corrected chi connectivity index (χ4v) is 4.83. The van der Waals surface area contributed by atoms with Gasteiger partial charge in [-0.1, -0.05) is 17.2 Å². The summed E-state index contributed by atoms with van der Waals surface area (Å²) in [6.45, 7) is 1.46. The molecule has 11 heteroatoms. The number of allylic oxidation sites excluding steroid dienone is 1. The lowest BCUT2D eigenvalue weighted by atomic mass is 9.82. The van der Waals surface area contributed by atoms with Crippen molar-refractivity contribution in [3.8, 4) is 0 Å². The first-order valence-corrected chi connectivity index (χ1v) is 12.9. The van der Waals surface area contributed by atoms with Crippen molar-refractivity contribution in [2.75, 3.05) is 17.3 Å². The van der Waals surface area contributed by atoms with Gasteiger partial charge < -0.3 is 15.1 Å². The summed E-state index contributed by atoms with van der Waals surface area (Å²) in [7, 11) is -2.89. The monoisotopic (exact) mass is 489 g/mol. The predicted molar refractivity (Wildman–Crippen MR) is 125 cm³/mol. The Hall–Kier alpha value is -3.20. The molecule has 1 aliphatic carbocycles. The molecule has 0 spiro atoms. The third-order valence-electron chi connectivity index (χ3n) is 5.49.